The van der Waals surface area contributed by atoms with Gasteiger partial charge in [0.25, 0.3) is 5.91 Å². The predicted octanol–water partition coefficient (Wildman–Crippen LogP) is 1.98. The lowest BCUT2D eigenvalue weighted by Crippen LogP contribution is -2.27. The Morgan fingerprint density at radius 2 is 2.00 bits per heavy atom. The Bertz CT molecular complexity index is 804. The number of rotatable bonds is 5. The van der Waals surface area contributed by atoms with Crippen LogP contribution in [0.4, 0.5) is 0 Å². The van der Waals surface area contributed by atoms with Crippen LogP contribution in [0, 0.1) is 0 Å². The first kappa shape index (κ1) is 17.0. The number of nitrogens with one attached hydrogen (secondary N) is 1. The molecular formula is C16H18N2O4S. The molecule has 0 spiro atoms. The molecule has 7 heteroatoms. The Labute approximate surface area is 135 Å². The second-order valence-electron chi connectivity index (χ2n) is 5.09. The summed E-state index contributed by atoms with van der Waals surface area (Å²) >= 11 is 0. The summed E-state index contributed by atoms with van der Waals surface area (Å²) in [5.41, 5.74) is 1.05. The van der Waals surface area contributed by atoms with Gasteiger partial charge >= 0.3 is 0 Å². The Kier molecular flexibility index (Phi) is 5.00. The first-order valence-corrected chi connectivity index (χ1v) is 8.82. The Morgan fingerprint density at radius 3 is 2.57 bits per heavy atom. The fraction of sp³-hybridized carbons (Fsp3) is 0.250. The van der Waals surface area contributed by atoms with Gasteiger partial charge in [0.05, 0.1) is 13.2 Å². The minimum Gasteiger partial charge on any atom is -0.495 e. The number of benzene rings is 1. The van der Waals surface area contributed by atoms with Crippen molar-refractivity contribution in [2.24, 2.45) is 0 Å². The molecule has 0 saturated heterocycles. The molecule has 0 fully saturated rings. The van der Waals surface area contributed by atoms with Crippen LogP contribution in [0.1, 0.15) is 29.0 Å². The zero-order valence-corrected chi connectivity index (χ0v) is 13.9. The third-order valence-electron chi connectivity index (χ3n) is 3.33. The van der Waals surface area contributed by atoms with E-state index in [-0.39, 0.29) is 22.6 Å². The molecule has 23 heavy (non-hydrogen) atoms. The van der Waals surface area contributed by atoms with Crippen LogP contribution in [-0.2, 0) is 9.84 Å². The van der Waals surface area contributed by atoms with Crippen molar-refractivity contribution in [3.8, 4) is 5.75 Å². The molecule has 0 saturated carbocycles. The summed E-state index contributed by atoms with van der Waals surface area (Å²) in [7, 11) is -1.97. The van der Waals surface area contributed by atoms with Crippen molar-refractivity contribution in [3.63, 3.8) is 0 Å². The van der Waals surface area contributed by atoms with Gasteiger partial charge in [0.2, 0.25) is 0 Å². The number of methoxy groups -OCH3 is 1. The summed E-state index contributed by atoms with van der Waals surface area (Å²) in [5.74, 6) is -0.0480. The largest absolute Gasteiger partial charge is 0.495 e. The fourth-order valence-electron chi connectivity index (χ4n) is 2.11. The Hall–Kier alpha value is -2.41. The van der Waals surface area contributed by atoms with Crippen LogP contribution in [-0.4, -0.2) is 32.7 Å². The number of carbonyl (C=O) groups is 1. The molecule has 1 heterocycles. The topological polar surface area (TPSA) is 85.4 Å². The summed E-state index contributed by atoms with van der Waals surface area (Å²) in [6.45, 7) is 1.80. The molecular weight excluding hydrogens is 316 g/mol. The van der Waals surface area contributed by atoms with Crippen LogP contribution in [0.2, 0.25) is 0 Å². The van der Waals surface area contributed by atoms with Gasteiger partial charge in [-0.05, 0) is 36.8 Å². The summed E-state index contributed by atoms with van der Waals surface area (Å²) < 4.78 is 28.5. The summed E-state index contributed by atoms with van der Waals surface area (Å²) in [5, 5.41) is 2.82. The third kappa shape index (κ3) is 4.07. The molecule has 6 nitrogen and oxygen atoms in total. The first-order valence-electron chi connectivity index (χ1n) is 6.93. The highest BCUT2D eigenvalue weighted by atomic mass is 32.2. The van der Waals surface area contributed by atoms with E-state index >= 15 is 0 Å². The van der Waals surface area contributed by atoms with Crippen LogP contribution in [0.25, 0.3) is 0 Å². The monoisotopic (exact) mass is 334 g/mol. The molecule has 0 bridgehead atoms. The highest BCUT2D eigenvalue weighted by molar-refractivity contribution is 7.90. The van der Waals surface area contributed by atoms with Gasteiger partial charge in [-0.1, -0.05) is 12.1 Å². The lowest BCUT2D eigenvalue weighted by molar-refractivity contribution is 0.0934. The minimum atomic E-state index is -3.38. The van der Waals surface area contributed by atoms with Crippen molar-refractivity contribution >= 4 is 15.7 Å². The van der Waals surface area contributed by atoms with E-state index in [4.69, 9.17) is 4.74 Å². The number of pyridine rings is 1. The third-order valence-corrected chi connectivity index (χ3v) is 4.47. The fourth-order valence-corrected chi connectivity index (χ4v) is 2.93. The Balaban J connectivity index is 2.23. The maximum absolute atomic E-state index is 12.1. The van der Waals surface area contributed by atoms with Crippen LogP contribution in [0.15, 0.2) is 47.5 Å². The lowest BCUT2D eigenvalue weighted by Gasteiger charge is -2.16. The number of amides is 1. The first-order chi connectivity index (χ1) is 10.8. The van der Waals surface area contributed by atoms with E-state index in [0.29, 0.717) is 5.69 Å². The van der Waals surface area contributed by atoms with Crippen molar-refractivity contribution in [2.45, 2.75) is 17.9 Å². The highest BCUT2D eigenvalue weighted by Gasteiger charge is 2.18. The molecule has 0 aliphatic carbocycles. The lowest BCUT2D eigenvalue weighted by atomic mass is 10.1. The number of hydrogen-bond acceptors (Lipinski definition) is 5. The van der Waals surface area contributed by atoms with Gasteiger partial charge in [-0.2, -0.15) is 0 Å². The molecule has 2 rings (SSSR count). The molecule has 1 aromatic carbocycles. The van der Waals surface area contributed by atoms with Gasteiger partial charge in [-0.3, -0.25) is 9.78 Å². The smallest absolute Gasteiger partial charge is 0.270 e. The van der Waals surface area contributed by atoms with Crippen LogP contribution in [0.5, 0.6) is 5.75 Å². The van der Waals surface area contributed by atoms with E-state index in [2.05, 4.69) is 10.3 Å². The average Bonchev–Trinajstić information content (AvgIpc) is 2.54. The van der Waals surface area contributed by atoms with Gasteiger partial charge in [0, 0.05) is 12.5 Å². The summed E-state index contributed by atoms with van der Waals surface area (Å²) in [4.78, 5) is 16.2. The van der Waals surface area contributed by atoms with Crippen LogP contribution in [0.3, 0.4) is 0 Å². The van der Waals surface area contributed by atoms with E-state index in [1.54, 1.807) is 43.5 Å². The molecule has 122 valence electrons. The zero-order chi connectivity index (χ0) is 17.0. The summed E-state index contributed by atoms with van der Waals surface area (Å²) in [6, 6.07) is 9.50. The van der Waals surface area contributed by atoms with Crippen molar-refractivity contribution in [1.82, 2.24) is 10.3 Å². The standard InChI is InChI=1S/C16H18N2O4S/c1-11(18-16(19)13-6-4-5-9-17-13)12-7-8-15(23(3,20)21)14(10-12)22-2/h4-11H,1-3H3,(H,18,19). The van der Waals surface area contributed by atoms with Crippen LogP contribution >= 0.6 is 0 Å². The summed E-state index contributed by atoms with van der Waals surface area (Å²) in [6.07, 6.45) is 2.67. The normalized spacial score (nSPS) is 12.5. The molecule has 2 aromatic rings. The maximum Gasteiger partial charge on any atom is 0.270 e. The second-order valence-corrected chi connectivity index (χ2v) is 7.08. The van der Waals surface area contributed by atoms with Gasteiger partial charge in [0.1, 0.15) is 16.3 Å². The number of sulfone groups is 1. The highest BCUT2D eigenvalue weighted by Crippen LogP contribution is 2.27. The molecule has 0 aliphatic heterocycles. The van der Waals surface area contributed by atoms with Gasteiger partial charge in [-0.15, -0.1) is 0 Å². The van der Waals surface area contributed by atoms with Gasteiger partial charge in [0.15, 0.2) is 9.84 Å². The van der Waals surface area contributed by atoms with Crippen molar-refractivity contribution < 1.29 is 17.9 Å². The number of carbonyl (C=O) groups excluding carboxylic acids is 1. The Morgan fingerprint density at radius 1 is 1.26 bits per heavy atom. The molecule has 1 N–H and O–H groups in total. The number of hydrogen-bond donors (Lipinski definition) is 1. The van der Waals surface area contributed by atoms with E-state index in [1.165, 1.54) is 13.2 Å². The molecule has 0 aliphatic rings. The predicted molar refractivity (Wildman–Crippen MR) is 86.2 cm³/mol. The second kappa shape index (κ2) is 6.78. The van der Waals surface area contributed by atoms with E-state index in [9.17, 15) is 13.2 Å². The van der Waals surface area contributed by atoms with Gasteiger partial charge in [-0.25, -0.2) is 8.42 Å². The number of aromatic nitrogens is 1. The van der Waals surface area contributed by atoms with E-state index < -0.39 is 9.84 Å². The maximum atomic E-state index is 12.1. The molecule has 1 aromatic heterocycles. The van der Waals surface area contributed by atoms with Crippen molar-refractivity contribution in [2.75, 3.05) is 13.4 Å². The zero-order valence-electron chi connectivity index (χ0n) is 13.1. The van der Waals surface area contributed by atoms with E-state index in [1.807, 2.05) is 0 Å². The number of ether oxygens (including phenoxy) is 1. The van der Waals surface area contributed by atoms with Gasteiger partial charge < -0.3 is 10.1 Å². The minimum absolute atomic E-state index is 0.118. The molecule has 1 unspecified atom stereocenters. The average molecular weight is 334 g/mol. The SMILES string of the molecule is COc1cc(C(C)NC(=O)c2ccccn2)ccc1S(C)(=O)=O. The molecule has 1 amide bonds. The molecule has 1 atom stereocenters. The van der Waals surface area contributed by atoms with Crippen LogP contribution < -0.4 is 10.1 Å². The quantitative estimate of drug-likeness (QED) is 0.904. The number of nitrogens with zero attached hydrogens (tertiary/aromatic N) is 1. The van der Waals surface area contributed by atoms with Crippen molar-refractivity contribution in [1.29, 1.82) is 0 Å². The van der Waals surface area contributed by atoms with E-state index in [0.717, 1.165) is 11.8 Å². The molecule has 0 radical (unpaired) electrons. The van der Waals surface area contributed by atoms with Crippen molar-refractivity contribution in [3.05, 3.63) is 53.9 Å².